The van der Waals surface area contributed by atoms with Crippen molar-refractivity contribution in [2.24, 2.45) is 15.2 Å². The van der Waals surface area contributed by atoms with E-state index in [1.807, 2.05) is 36.5 Å². The van der Waals surface area contributed by atoms with Crippen molar-refractivity contribution in [3.8, 4) is 0 Å². The summed E-state index contributed by atoms with van der Waals surface area (Å²) in [5.41, 5.74) is 3.64. The van der Waals surface area contributed by atoms with Crippen LogP contribution >= 0.6 is 0 Å². The zero-order chi connectivity index (χ0) is 12.4. The fraction of sp³-hybridized carbons (Fsp3) is 0.250. The summed E-state index contributed by atoms with van der Waals surface area (Å²) in [6, 6.07) is 9.02. The molecule has 3 atom stereocenters. The molecule has 2 aliphatic rings. The van der Waals surface area contributed by atoms with Gasteiger partial charge in [0.25, 0.3) is 0 Å². The quantitative estimate of drug-likeness (QED) is 0.767. The number of nitrogens with zero attached hydrogens (tertiary/aromatic N) is 4. The van der Waals surface area contributed by atoms with Gasteiger partial charge in [0, 0.05) is 12.4 Å². The Kier molecular flexibility index (Phi) is 2.87. The second kappa shape index (κ2) is 4.67. The molecular formula is C12H13N5O. The van der Waals surface area contributed by atoms with Gasteiger partial charge in [0.1, 0.15) is 6.23 Å². The molecule has 92 valence electrons. The van der Waals surface area contributed by atoms with Crippen molar-refractivity contribution in [1.29, 1.82) is 0 Å². The van der Waals surface area contributed by atoms with Crippen molar-refractivity contribution in [3.05, 3.63) is 42.6 Å². The first-order valence-electron chi connectivity index (χ1n) is 5.73. The summed E-state index contributed by atoms with van der Waals surface area (Å²) < 4.78 is 0. The van der Waals surface area contributed by atoms with Gasteiger partial charge in [-0.3, -0.25) is 10.0 Å². The SMILES string of the molecule is OC1NN2C=CC=NC2C1N=Nc1ccccc1. The lowest BCUT2D eigenvalue weighted by Crippen LogP contribution is -2.35. The van der Waals surface area contributed by atoms with Crippen LogP contribution in [0.2, 0.25) is 0 Å². The zero-order valence-electron chi connectivity index (χ0n) is 9.59. The molecule has 18 heavy (non-hydrogen) atoms. The maximum absolute atomic E-state index is 9.88. The van der Waals surface area contributed by atoms with Crippen LogP contribution < -0.4 is 5.43 Å². The average Bonchev–Trinajstić information content (AvgIpc) is 2.73. The standard InChI is InChI=1S/C12H13N5O/c18-12-10(11-13-7-4-8-17(11)16-12)15-14-9-5-2-1-3-6-9/h1-8,10-12,16,18H. The van der Waals surface area contributed by atoms with Gasteiger partial charge in [0.2, 0.25) is 0 Å². The number of allylic oxidation sites excluding steroid dienone is 1. The first-order valence-corrected chi connectivity index (χ1v) is 5.73. The van der Waals surface area contributed by atoms with Gasteiger partial charge in [-0.2, -0.15) is 10.2 Å². The molecule has 2 N–H and O–H groups in total. The number of azo groups is 1. The predicted octanol–water partition coefficient (Wildman–Crippen LogP) is 1.20. The van der Waals surface area contributed by atoms with Crippen molar-refractivity contribution >= 4 is 11.9 Å². The molecule has 0 bridgehead atoms. The highest BCUT2D eigenvalue weighted by molar-refractivity contribution is 5.72. The Labute approximate surface area is 104 Å². The van der Waals surface area contributed by atoms with E-state index in [4.69, 9.17) is 0 Å². The van der Waals surface area contributed by atoms with E-state index >= 15 is 0 Å². The maximum Gasteiger partial charge on any atom is 0.162 e. The number of fused-ring (bicyclic) bond motifs is 1. The number of aliphatic hydroxyl groups excluding tert-OH is 1. The molecule has 1 fully saturated rings. The van der Waals surface area contributed by atoms with E-state index in [1.165, 1.54) is 0 Å². The number of aliphatic imine (C=N–C) groups is 1. The second-order valence-electron chi connectivity index (χ2n) is 4.08. The Hall–Kier alpha value is -2.05. The summed E-state index contributed by atoms with van der Waals surface area (Å²) in [6.07, 6.45) is 4.30. The molecule has 0 aliphatic carbocycles. The predicted molar refractivity (Wildman–Crippen MR) is 67.1 cm³/mol. The van der Waals surface area contributed by atoms with Gasteiger partial charge >= 0.3 is 0 Å². The highest BCUT2D eigenvalue weighted by atomic mass is 16.3. The molecule has 6 nitrogen and oxygen atoms in total. The van der Waals surface area contributed by atoms with E-state index in [1.54, 1.807) is 17.3 Å². The molecule has 0 saturated carbocycles. The maximum atomic E-state index is 9.88. The molecule has 2 heterocycles. The number of hydrogen-bond acceptors (Lipinski definition) is 6. The molecule has 3 rings (SSSR count). The summed E-state index contributed by atoms with van der Waals surface area (Å²) in [4.78, 5) is 4.27. The Bertz CT molecular complexity index is 498. The number of nitrogens with one attached hydrogen (secondary N) is 1. The molecule has 2 aliphatic heterocycles. The molecule has 3 unspecified atom stereocenters. The van der Waals surface area contributed by atoms with Crippen LogP contribution in [0.1, 0.15) is 0 Å². The van der Waals surface area contributed by atoms with Gasteiger partial charge in [-0.15, -0.1) is 0 Å². The van der Waals surface area contributed by atoms with Crippen LogP contribution in [-0.2, 0) is 0 Å². The van der Waals surface area contributed by atoms with Crippen molar-refractivity contribution in [3.63, 3.8) is 0 Å². The van der Waals surface area contributed by atoms with E-state index < -0.39 is 12.3 Å². The first-order chi connectivity index (χ1) is 8.84. The lowest BCUT2D eigenvalue weighted by atomic mass is 10.2. The van der Waals surface area contributed by atoms with Gasteiger partial charge < -0.3 is 5.11 Å². The normalized spacial score (nSPS) is 30.1. The topological polar surface area (TPSA) is 72.6 Å². The monoisotopic (exact) mass is 243 g/mol. The van der Waals surface area contributed by atoms with Crippen LogP contribution in [0.4, 0.5) is 5.69 Å². The second-order valence-corrected chi connectivity index (χ2v) is 4.08. The van der Waals surface area contributed by atoms with Gasteiger partial charge in [-0.25, -0.2) is 5.43 Å². The molecule has 1 aromatic carbocycles. The summed E-state index contributed by atoms with van der Waals surface area (Å²) in [6.45, 7) is 0. The number of aliphatic hydroxyl groups is 1. The fourth-order valence-electron chi connectivity index (χ4n) is 1.94. The summed E-state index contributed by atoms with van der Waals surface area (Å²) >= 11 is 0. The summed E-state index contributed by atoms with van der Waals surface area (Å²) in [5, 5.41) is 19.9. The van der Waals surface area contributed by atoms with Crippen LogP contribution in [0, 0.1) is 0 Å². The Morgan fingerprint density at radius 3 is 2.94 bits per heavy atom. The molecule has 0 amide bonds. The van der Waals surface area contributed by atoms with Gasteiger partial charge in [0.15, 0.2) is 12.2 Å². The fourth-order valence-corrected chi connectivity index (χ4v) is 1.94. The van der Waals surface area contributed by atoms with Crippen LogP contribution in [0.5, 0.6) is 0 Å². The minimum absolute atomic E-state index is 0.238. The largest absolute Gasteiger partial charge is 0.374 e. The van der Waals surface area contributed by atoms with Gasteiger partial charge in [-0.1, -0.05) is 18.2 Å². The Morgan fingerprint density at radius 2 is 2.11 bits per heavy atom. The summed E-state index contributed by atoms with van der Waals surface area (Å²) in [7, 11) is 0. The van der Waals surface area contributed by atoms with Crippen molar-refractivity contribution in [2.45, 2.75) is 18.4 Å². The number of hydrazine groups is 1. The van der Waals surface area contributed by atoms with Crippen molar-refractivity contribution in [1.82, 2.24) is 10.4 Å². The van der Waals surface area contributed by atoms with E-state index in [0.717, 1.165) is 5.69 Å². The van der Waals surface area contributed by atoms with E-state index in [2.05, 4.69) is 20.6 Å². The minimum Gasteiger partial charge on any atom is -0.374 e. The number of rotatable bonds is 2. The molecule has 1 saturated heterocycles. The molecule has 1 aromatic rings. The van der Waals surface area contributed by atoms with Crippen molar-refractivity contribution in [2.75, 3.05) is 0 Å². The van der Waals surface area contributed by atoms with Gasteiger partial charge in [0.05, 0.1) is 5.69 Å². The molecule has 0 radical (unpaired) electrons. The lowest BCUT2D eigenvalue weighted by Gasteiger charge is -2.21. The van der Waals surface area contributed by atoms with Crippen LogP contribution in [-0.4, -0.2) is 34.8 Å². The summed E-state index contributed by atoms with van der Waals surface area (Å²) in [5.74, 6) is 0. The molecule has 6 heteroatoms. The van der Waals surface area contributed by atoms with Gasteiger partial charge in [-0.05, 0) is 18.2 Å². The first kappa shape index (κ1) is 11.1. The molecule has 0 spiro atoms. The van der Waals surface area contributed by atoms with E-state index in [9.17, 15) is 5.11 Å². The number of benzene rings is 1. The lowest BCUT2D eigenvalue weighted by molar-refractivity contribution is 0.114. The molecule has 0 aromatic heterocycles. The third kappa shape index (κ3) is 2.03. The van der Waals surface area contributed by atoms with Crippen LogP contribution in [0.3, 0.4) is 0 Å². The number of hydrogen-bond donors (Lipinski definition) is 2. The third-order valence-corrected chi connectivity index (χ3v) is 2.83. The zero-order valence-corrected chi connectivity index (χ0v) is 9.59. The minimum atomic E-state index is -0.776. The highest BCUT2D eigenvalue weighted by Gasteiger charge is 2.40. The van der Waals surface area contributed by atoms with Crippen LogP contribution in [0.15, 0.2) is 57.8 Å². The van der Waals surface area contributed by atoms with E-state index in [-0.39, 0.29) is 6.17 Å². The Balaban J connectivity index is 1.78. The third-order valence-electron chi connectivity index (χ3n) is 2.83. The smallest absolute Gasteiger partial charge is 0.162 e. The molecular weight excluding hydrogens is 230 g/mol. The van der Waals surface area contributed by atoms with Crippen LogP contribution in [0.25, 0.3) is 0 Å². The van der Waals surface area contributed by atoms with Crippen molar-refractivity contribution < 1.29 is 5.11 Å². The highest BCUT2D eigenvalue weighted by Crippen LogP contribution is 2.22. The Morgan fingerprint density at radius 1 is 1.28 bits per heavy atom. The average molecular weight is 243 g/mol. The van der Waals surface area contributed by atoms with E-state index in [0.29, 0.717) is 0 Å².